The van der Waals surface area contributed by atoms with Crippen LogP contribution in [0, 0.1) is 0 Å². The van der Waals surface area contributed by atoms with Gasteiger partial charge >= 0.3 is 0 Å². The largest absolute Gasteiger partial charge is 0.457 e. The zero-order chi connectivity index (χ0) is 15.5. The maximum atomic E-state index is 5.83. The highest BCUT2D eigenvalue weighted by Crippen LogP contribution is 2.23. The molecule has 112 valence electrons. The zero-order valence-corrected chi connectivity index (χ0v) is 12.0. The highest BCUT2D eigenvalue weighted by Gasteiger charge is 2.01. The highest BCUT2D eigenvalue weighted by molar-refractivity contribution is 5.41. The fourth-order valence-electron chi connectivity index (χ4n) is 2.15. The van der Waals surface area contributed by atoms with Gasteiger partial charge in [-0.3, -0.25) is 0 Å². The average Bonchev–Trinajstić information content (AvgIpc) is 3.30. The number of aromatic nitrogens is 6. The van der Waals surface area contributed by atoms with Crippen LogP contribution >= 0.6 is 0 Å². The van der Waals surface area contributed by atoms with E-state index in [2.05, 4.69) is 20.2 Å². The molecular weight excluding hydrogens is 292 g/mol. The Bertz CT molecular complexity index is 792. The molecule has 2 heterocycles. The smallest absolute Gasteiger partial charge is 0.138 e. The van der Waals surface area contributed by atoms with E-state index in [0.29, 0.717) is 0 Å². The van der Waals surface area contributed by atoms with Crippen molar-refractivity contribution in [2.45, 2.75) is 0 Å². The van der Waals surface area contributed by atoms with Crippen molar-refractivity contribution in [1.82, 2.24) is 29.5 Å². The van der Waals surface area contributed by atoms with Crippen LogP contribution in [0.15, 0.2) is 73.8 Å². The van der Waals surface area contributed by atoms with Crippen molar-refractivity contribution >= 4 is 0 Å². The van der Waals surface area contributed by atoms with Gasteiger partial charge in [-0.05, 0) is 48.5 Å². The van der Waals surface area contributed by atoms with Gasteiger partial charge in [0.25, 0.3) is 0 Å². The quantitative estimate of drug-likeness (QED) is 0.579. The topological polar surface area (TPSA) is 70.7 Å². The van der Waals surface area contributed by atoms with Crippen LogP contribution in [-0.4, -0.2) is 29.5 Å². The van der Waals surface area contributed by atoms with Crippen LogP contribution in [0.1, 0.15) is 0 Å². The Morgan fingerprint density at radius 1 is 0.609 bits per heavy atom. The Balaban J connectivity index is 1.49. The number of nitrogens with zero attached hydrogens (tertiary/aromatic N) is 6. The second-order valence-electron chi connectivity index (χ2n) is 4.77. The Labute approximate surface area is 131 Å². The molecule has 0 bridgehead atoms. The van der Waals surface area contributed by atoms with E-state index in [9.17, 15) is 0 Å². The Kier molecular flexibility index (Phi) is 3.28. The van der Waals surface area contributed by atoms with E-state index in [1.165, 1.54) is 12.7 Å². The minimum atomic E-state index is 0.752. The molecular formula is C16H12N6O. The van der Waals surface area contributed by atoms with Crippen LogP contribution in [-0.2, 0) is 0 Å². The van der Waals surface area contributed by atoms with Crippen LogP contribution in [0.5, 0.6) is 11.5 Å². The van der Waals surface area contributed by atoms with Gasteiger partial charge < -0.3 is 4.74 Å². The number of benzene rings is 2. The van der Waals surface area contributed by atoms with Crippen molar-refractivity contribution in [3.8, 4) is 22.9 Å². The summed E-state index contributed by atoms with van der Waals surface area (Å²) in [6.07, 6.45) is 6.31. The normalized spacial score (nSPS) is 10.6. The van der Waals surface area contributed by atoms with Gasteiger partial charge in [0.15, 0.2) is 0 Å². The minimum Gasteiger partial charge on any atom is -0.457 e. The van der Waals surface area contributed by atoms with E-state index in [0.717, 1.165) is 22.9 Å². The molecule has 0 N–H and O–H groups in total. The zero-order valence-electron chi connectivity index (χ0n) is 12.0. The van der Waals surface area contributed by atoms with Crippen molar-refractivity contribution in [2.24, 2.45) is 0 Å². The summed E-state index contributed by atoms with van der Waals surface area (Å²) in [6, 6.07) is 15.3. The molecule has 0 amide bonds. The molecule has 0 unspecified atom stereocenters. The van der Waals surface area contributed by atoms with Crippen molar-refractivity contribution in [1.29, 1.82) is 0 Å². The molecule has 0 saturated carbocycles. The minimum absolute atomic E-state index is 0.752. The van der Waals surface area contributed by atoms with E-state index in [1.54, 1.807) is 22.0 Å². The molecule has 0 fully saturated rings. The van der Waals surface area contributed by atoms with Gasteiger partial charge in [0, 0.05) is 0 Å². The lowest BCUT2D eigenvalue weighted by atomic mass is 10.3. The van der Waals surface area contributed by atoms with E-state index >= 15 is 0 Å². The predicted molar refractivity (Wildman–Crippen MR) is 82.8 cm³/mol. The van der Waals surface area contributed by atoms with Crippen LogP contribution in [0.3, 0.4) is 0 Å². The first-order chi connectivity index (χ1) is 11.4. The molecule has 7 nitrogen and oxygen atoms in total. The van der Waals surface area contributed by atoms with E-state index in [4.69, 9.17) is 4.74 Å². The molecule has 0 aliphatic carbocycles. The van der Waals surface area contributed by atoms with E-state index in [1.807, 2.05) is 48.5 Å². The van der Waals surface area contributed by atoms with E-state index in [-0.39, 0.29) is 0 Å². The Hall–Kier alpha value is -3.48. The summed E-state index contributed by atoms with van der Waals surface area (Å²) in [5, 5.41) is 8.17. The van der Waals surface area contributed by atoms with Gasteiger partial charge in [-0.25, -0.2) is 19.3 Å². The fourth-order valence-corrected chi connectivity index (χ4v) is 2.15. The van der Waals surface area contributed by atoms with Crippen molar-refractivity contribution in [3.05, 3.63) is 73.8 Å². The maximum absolute atomic E-state index is 5.83. The second kappa shape index (κ2) is 5.72. The first-order valence-electron chi connectivity index (χ1n) is 6.96. The van der Waals surface area contributed by atoms with Crippen LogP contribution in [0.2, 0.25) is 0 Å². The number of hydrogen-bond donors (Lipinski definition) is 0. The third-order valence-electron chi connectivity index (χ3n) is 3.28. The molecule has 4 aromatic rings. The molecule has 0 aliphatic rings. The van der Waals surface area contributed by atoms with Gasteiger partial charge in [0.2, 0.25) is 0 Å². The SMILES string of the molecule is c1ncn(-c2ccc(Oc3ccc(-n4cncn4)cc3)cc2)n1. The first-order valence-corrected chi connectivity index (χ1v) is 6.96. The lowest BCUT2D eigenvalue weighted by Crippen LogP contribution is -1.95. The second-order valence-corrected chi connectivity index (χ2v) is 4.77. The lowest BCUT2D eigenvalue weighted by molar-refractivity contribution is 0.482. The van der Waals surface area contributed by atoms with Crippen LogP contribution in [0.4, 0.5) is 0 Å². The summed E-state index contributed by atoms with van der Waals surface area (Å²) in [4.78, 5) is 7.85. The Morgan fingerprint density at radius 3 is 1.39 bits per heavy atom. The summed E-state index contributed by atoms with van der Waals surface area (Å²) in [7, 11) is 0. The van der Waals surface area contributed by atoms with Crippen molar-refractivity contribution < 1.29 is 4.74 Å². The molecule has 7 heteroatoms. The first kappa shape index (κ1) is 13.2. The van der Waals surface area contributed by atoms with Gasteiger partial charge in [0.05, 0.1) is 11.4 Å². The van der Waals surface area contributed by atoms with Gasteiger partial charge in [-0.1, -0.05) is 0 Å². The summed E-state index contributed by atoms with van der Waals surface area (Å²) in [5.74, 6) is 1.50. The highest BCUT2D eigenvalue weighted by atomic mass is 16.5. The maximum Gasteiger partial charge on any atom is 0.138 e. The molecule has 0 spiro atoms. The van der Waals surface area contributed by atoms with Gasteiger partial charge in [-0.15, -0.1) is 0 Å². The molecule has 0 saturated heterocycles. The molecule has 4 rings (SSSR count). The monoisotopic (exact) mass is 304 g/mol. The molecule has 23 heavy (non-hydrogen) atoms. The molecule has 0 atom stereocenters. The standard InChI is InChI=1S/C16H12N6O/c1-5-15(6-2-13(1)21-11-17-9-19-21)23-16-7-3-14(4-8-16)22-12-18-10-20-22/h1-12H. The molecule has 2 aromatic heterocycles. The molecule has 0 aliphatic heterocycles. The number of hydrogen-bond acceptors (Lipinski definition) is 5. The lowest BCUT2D eigenvalue weighted by Gasteiger charge is -2.08. The summed E-state index contributed by atoms with van der Waals surface area (Å²) >= 11 is 0. The number of ether oxygens (including phenoxy) is 1. The molecule has 2 aromatic carbocycles. The van der Waals surface area contributed by atoms with Crippen molar-refractivity contribution in [2.75, 3.05) is 0 Å². The fraction of sp³-hybridized carbons (Fsp3) is 0. The van der Waals surface area contributed by atoms with E-state index < -0.39 is 0 Å². The molecule has 0 radical (unpaired) electrons. The van der Waals surface area contributed by atoms with Crippen molar-refractivity contribution in [3.63, 3.8) is 0 Å². The Morgan fingerprint density at radius 2 is 1.04 bits per heavy atom. The van der Waals surface area contributed by atoms with Gasteiger partial charge in [-0.2, -0.15) is 10.2 Å². The van der Waals surface area contributed by atoms with Crippen LogP contribution < -0.4 is 4.74 Å². The summed E-state index contributed by atoms with van der Waals surface area (Å²) < 4.78 is 9.21. The predicted octanol–water partition coefficient (Wildman–Crippen LogP) is 2.64. The summed E-state index contributed by atoms with van der Waals surface area (Å²) in [5.41, 5.74) is 1.85. The summed E-state index contributed by atoms with van der Waals surface area (Å²) in [6.45, 7) is 0. The van der Waals surface area contributed by atoms with Gasteiger partial charge in [0.1, 0.15) is 36.8 Å². The number of rotatable bonds is 4. The third-order valence-corrected chi connectivity index (χ3v) is 3.28. The van der Waals surface area contributed by atoms with Crippen LogP contribution in [0.25, 0.3) is 11.4 Å². The average molecular weight is 304 g/mol. The third kappa shape index (κ3) is 2.80.